The predicted molar refractivity (Wildman–Crippen MR) is 38.5 cm³/mol. The Hall–Kier alpha value is -1.92. The summed E-state index contributed by atoms with van der Waals surface area (Å²) >= 11 is 0. The van der Waals surface area contributed by atoms with Crippen LogP contribution >= 0.6 is 0 Å². The summed E-state index contributed by atoms with van der Waals surface area (Å²) in [5, 5.41) is 12.3. The molecule has 0 aromatic heterocycles. The maximum Gasteiger partial charge on any atom is 0.304 e. The van der Waals surface area contributed by atoms with Gasteiger partial charge in [0.05, 0.1) is 11.0 Å². The number of nitro benzene ring substituents is 1. The Balaban J connectivity index is 3.46. The number of rotatable bonds is 2. The van der Waals surface area contributed by atoms with Crippen LogP contribution in [0.2, 0.25) is 0 Å². The van der Waals surface area contributed by atoms with Crippen molar-refractivity contribution in [2.24, 2.45) is 5.18 Å². The molecule has 0 saturated heterocycles. The molecule has 0 aliphatic rings. The largest absolute Gasteiger partial charge is 0.304 e. The van der Waals surface area contributed by atoms with Crippen molar-refractivity contribution in [3.63, 3.8) is 0 Å². The SMILES string of the molecule is O=Nc1c(F)cc(F)cc1[N+](=O)[O-]. The van der Waals surface area contributed by atoms with E-state index >= 15 is 0 Å². The van der Waals surface area contributed by atoms with Crippen molar-refractivity contribution in [3.8, 4) is 0 Å². The molecule has 0 N–H and O–H groups in total. The summed E-state index contributed by atoms with van der Waals surface area (Å²) in [4.78, 5) is 19.0. The maximum absolute atomic E-state index is 12.6. The van der Waals surface area contributed by atoms with Crippen LogP contribution in [-0.4, -0.2) is 4.92 Å². The van der Waals surface area contributed by atoms with Gasteiger partial charge in [-0.05, 0) is 5.18 Å². The van der Waals surface area contributed by atoms with E-state index in [0.717, 1.165) is 0 Å². The van der Waals surface area contributed by atoms with E-state index in [1.807, 2.05) is 0 Å². The van der Waals surface area contributed by atoms with Crippen molar-refractivity contribution >= 4 is 11.4 Å². The number of nitroso groups, excluding NO2 is 1. The van der Waals surface area contributed by atoms with Gasteiger partial charge in [0.2, 0.25) is 5.69 Å². The highest BCUT2D eigenvalue weighted by Gasteiger charge is 2.20. The lowest BCUT2D eigenvalue weighted by atomic mass is 10.2. The van der Waals surface area contributed by atoms with E-state index in [4.69, 9.17) is 0 Å². The molecule has 68 valence electrons. The highest BCUT2D eigenvalue weighted by atomic mass is 19.1. The summed E-state index contributed by atoms with van der Waals surface area (Å²) in [5.74, 6) is -2.47. The molecule has 0 aliphatic carbocycles. The van der Waals surface area contributed by atoms with Crippen molar-refractivity contribution in [1.29, 1.82) is 0 Å². The Kier molecular flexibility index (Phi) is 2.27. The summed E-state index contributed by atoms with van der Waals surface area (Å²) in [5.41, 5.74) is -1.97. The molecule has 0 heterocycles. The van der Waals surface area contributed by atoms with Crippen molar-refractivity contribution in [3.05, 3.63) is 38.8 Å². The second kappa shape index (κ2) is 3.21. The van der Waals surface area contributed by atoms with Crippen LogP contribution in [0.25, 0.3) is 0 Å². The minimum atomic E-state index is -1.35. The second-order valence-corrected chi connectivity index (χ2v) is 2.10. The van der Waals surface area contributed by atoms with Gasteiger partial charge in [0.25, 0.3) is 0 Å². The first kappa shape index (κ1) is 9.17. The van der Waals surface area contributed by atoms with Gasteiger partial charge in [-0.2, -0.15) is 0 Å². The van der Waals surface area contributed by atoms with Crippen molar-refractivity contribution in [1.82, 2.24) is 0 Å². The molecule has 0 saturated carbocycles. The molecule has 1 aromatic rings. The molecule has 0 atom stereocenters. The Morgan fingerprint density at radius 1 is 1.38 bits per heavy atom. The van der Waals surface area contributed by atoms with E-state index in [1.54, 1.807) is 0 Å². The molecule has 0 unspecified atom stereocenters. The normalized spacial score (nSPS) is 9.69. The molecule has 5 nitrogen and oxygen atoms in total. The molecule has 0 bridgehead atoms. The minimum Gasteiger partial charge on any atom is -0.258 e. The zero-order valence-corrected chi connectivity index (χ0v) is 6.03. The van der Waals surface area contributed by atoms with Crippen LogP contribution in [0.15, 0.2) is 17.3 Å². The van der Waals surface area contributed by atoms with Gasteiger partial charge >= 0.3 is 5.69 Å². The second-order valence-electron chi connectivity index (χ2n) is 2.10. The third-order valence-electron chi connectivity index (χ3n) is 1.30. The molecule has 0 radical (unpaired) electrons. The number of hydrogen-bond acceptors (Lipinski definition) is 4. The van der Waals surface area contributed by atoms with Gasteiger partial charge in [-0.25, -0.2) is 8.78 Å². The highest BCUT2D eigenvalue weighted by Crippen LogP contribution is 2.30. The lowest BCUT2D eigenvalue weighted by Gasteiger charge is -1.95. The molecule has 1 aromatic carbocycles. The third kappa shape index (κ3) is 1.63. The summed E-state index contributed by atoms with van der Waals surface area (Å²) in [6.07, 6.45) is 0. The molecule has 0 spiro atoms. The molecule has 13 heavy (non-hydrogen) atoms. The zero-order chi connectivity index (χ0) is 10.0. The van der Waals surface area contributed by atoms with Crippen LogP contribution in [0.1, 0.15) is 0 Å². The molecule has 0 aliphatic heterocycles. The van der Waals surface area contributed by atoms with Crippen LogP contribution in [-0.2, 0) is 0 Å². The average Bonchev–Trinajstić information content (AvgIpc) is 2.02. The fraction of sp³-hybridized carbons (Fsp3) is 0. The quantitative estimate of drug-likeness (QED) is 0.406. The standard InChI is InChI=1S/C6H2F2N2O3/c7-3-1-4(8)6(9-11)5(2-3)10(12)13/h1-2H. The van der Waals surface area contributed by atoms with E-state index in [9.17, 15) is 23.8 Å². The van der Waals surface area contributed by atoms with Gasteiger partial charge in [0.1, 0.15) is 5.82 Å². The highest BCUT2D eigenvalue weighted by molar-refractivity contribution is 5.57. The van der Waals surface area contributed by atoms with Gasteiger partial charge < -0.3 is 0 Å². The fourth-order valence-corrected chi connectivity index (χ4v) is 0.782. The summed E-state index contributed by atoms with van der Waals surface area (Å²) in [6.45, 7) is 0. The first-order valence-corrected chi connectivity index (χ1v) is 3.03. The minimum absolute atomic E-state index is 0.351. The number of nitrogens with zero attached hydrogens (tertiary/aromatic N) is 2. The number of benzene rings is 1. The zero-order valence-electron chi connectivity index (χ0n) is 6.03. The van der Waals surface area contributed by atoms with Gasteiger partial charge in [-0.3, -0.25) is 10.1 Å². The Labute approximate surface area is 70.1 Å². The van der Waals surface area contributed by atoms with E-state index in [1.165, 1.54) is 0 Å². The molecule has 0 amide bonds. The first-order valence-electron chi connectivity index (χ1n) is 3.03. The van der Waals surface area contributed by atoms with Gasteiger partial charge in [0.15, 0.2) is 5.82 Å². The average molecular weight is 188 g/mol. The Morgan fingerprint density at radius 2 is 2.00 bits per heavy atom. The molecule has 0 fully saturated rings. The van der Waals surface area contributed by atoms with Crippen molar-refractivity contribution < 1.29 is 13.7 Å². The topological polar surface area (TPSA) is 72.6 Å². The lowest BCUT2D eigenvalue weighted by molar-refractivity contribution is -0.384. The van der Waals surface area contributed by atoms with E-state index in [2.05, 4.69) is 5.18 Å². The van der Waals surface area contributed by atoms with E-state index in [0.29, 0.717) is 12.1 Å². The van der Waals surface area contributed by atoms with Crippen LogP contribution in [0, 0.1) is 26.7 Å². The van der Waals surface area contributed by atoms with Crippen molar-refractivity contribution in [2.75, 3.05) is 0 Å². The molecular formula is C6H2F2N2O3. The molecular weight excluding hydrogens is 186 g/mol. The van der Waals surface area contributed by atoms with Crippen LogP contribution in [0.4, 0.5) is 20.2 Å². The third-order valence-corrected chi connectivity index (χ3v) is 1.30. The maximum atomic E-state index is 12.6. The van der Waals surface area contributed by atoms with E-state index in [-0.39, 0.29) is 0 Å². The van der Waals surface area contributed by atoms with Gasteiger partial charge in [0, 0.05) is 6.07 Å². The van der Waals surface area contributed by atoms with Crippen LogP contribution in [0.5, 0.6) is 0 Å². The smallest absolute Gasteiger partial charge is 0.258 e. The Morgan fingerprint density at radius 3 is 2.46 bits per heavy atom. The molecule has 7 heteroatoms. The molecule has 1 rings (SSSR count). The predicted octanol–water partition coefficient (Wildman–Crippen LogP) is 2.27. The number of nitro groups is 1. The van der Waals surface area contributed by atoms with Gasteiger partial charge in [-0.15, -0.1) is 4.91 Å². The Bertz CT molecular complexity index is 380. The van der Waals surface area contributed by atoms with Crippen LogP contribution in [0.3, 0.4) is 0 Å². The first-order chi connectivity index (χ1) is 6.06. The summed E-state index contributed by atoms with van der Waals surface area (Å²) < 4.78 is 25.0. The number of hydrogen-bond donors (Lipinski definition) is 0. The summed E-state index contributed by atoms with van der Waals surface area (Å²) in [7, 11) is 0. The van der Waals surface area contributed by atoms with Crippen molar-refractivity contribution in [2.45, 2.75) is 0 Å². The fourth-order valence-electron chi connectivity index (χ4n) is 0.782. The number of halogens is 2. The van der Waals surface area contributed by atoms with Crippen LogP contribution < -0.4 is 0 Å². The van der Waals surface area contributed by atoms with E-state index < -0.39 is 27.9 Å². The van der Waals surface area contributed by atoms with Gasteiger partial charge in [-0.1, -0.05) is 0 Å². The lowest BCUT2D eigenvalue weighted by Crippen LogP contribution is -1.92. The monoisotopic (exact) mass is 188 g/mol. The summed E-state index contributed by atoms with van der Waals surface area (Å²) in [6, 6.07) is 0.781.